The van der Waals surface area contributed by atoms with Crippen LogP contribution in [0.1, 0.15) is 23.2 Å². The molecule has 8 heteroatoms. The Morgan fingerprint density at radius 2 is 1.82 bits per heavy atom. The molecule has 0 aromatic heterocycles. The lowest BCUT2D eigenvalue weighted by molar-refractivity contribution is 0.0948. The van der Waals surface area contributed by atoms with Crippen LogP contribution in [0.15, 0.2) is 59.5 Å². The van der Waals surface area contributed by atoms with Gasteiger partial charge in [0.2, 0.25) is 0 Å². The molecule has 1 unspecified atom stereocenters. The molecule has 3 rings (SSSR count). The van der Waals surface area contributed by atoms with Gasteiger partial charge in [-0.3, -0.25) is 9.10 Å². The first-order valence-electron chi connectivity index (χ1n) is 9.12. The van der Waals surface area contributed by atoms with E-state index in [1.165, 1.54) is 17.4 Å². The van der Waals surface area contributed by atoms with Crippen LogP contribution in [-0.4, -0.2) is 41.0 Å². The zero-order chi connectivity index (χ0) is 19.3. The van der Waals surface area contributed by atoms with E-state index >= 15 is 0 Å². The summed E-state index contributed by atoms with van der Waals surface area (Å²) in [6, 6.07) is 15.2. The number of carbonyl (C=O) groups is 1. The zero-order valence-electron chi connectivity index (χ0n) is 15.8. The van der Waals surface area contributed by atoms with Crippen LogP contribution in [0, 0.1) is 5.92 Å². The third kappa shape index (κ3) is 5.04. The van der Waals surface area contributed by atoms with Crippen molar-refractivity contribution in [3.63, 3.8) is 0 Å². The number of sulfonamides is 1. The van der Waals surface area contributed by atoms with Gasteiger partial charge in [-0.25, -0.2) is 8.42 Å². The monoisotopic (exact) mass is 423 g/mol. The highest BCUT2D eigenvalue weighted by Crippen LogP contribution is 2.24. The molecule has 1 amide bonds. The fraction of sp³-hybridized carbons (Fsp3) is 0.350. The molecule has 152 valence electrons. The normalized spacial score (nSPS) is 16.2. The van der Waals surface area contributed by atoms with Crippen molar-refractivity contribution in [3.05, 3.63) is 60.2 Å². The maximum Gasteiger partial charge on any atom is 0.264 e. The summed E-state index contributed by atoms with van der Waals surface area (Å²) in [5, 5.41) is 6.17. The average Bonchev–Trinajstić information content (AvgIpc) is 3.21. The van der Waals surface area contributed by atoms with Gasteiger partial charge in [0.05, 0.1) is 11.3 Å². The van der Waals surface area contributed by atoms with Gasteiger partial charge in [-0.05, 0) is 56.1 Å². The summed E-state index contributed by atoms with van der Waals surface area (Å²) >= 11 is 0. The smallest absolute Gasteiger partial charge is 0.264 e. The van der Waals surface area contributed by atoms with Crippen LogP contribution in [0.4, 0.5) is 5.69 Å². The summed E-state index contributed by atoms with van der Waals surface area (Å²) in [5.41, 5.74) is 0.714. The lowest BCUT2D eigenvalue weighted by atomic mass is 10.1. The minimum atomic E-state index is -3.85. The van der Waals surface area contributed by atoms with E-state index in [4.69, 9.17) is 0 Å². The molecule has 0 spiro atoms. The molecule has 2 N–H and O–H groups in total. The first-order chi connectivity index (χ1) is 13.0. The number of para-hydroxylation sites is 1. The molecule has 1 aliphatic heterocycles. The standard InChI is InChI=1S/C20H25N3O3S.ClH/c1-23(17-7-3-2-4-8-17)27(25,26)19-10-6-5-9-18(19)20(24)22-14-12-16-11-13-21-15-16;/h2-10,16,21H,11-15H2,1H3,(H,22,24);1H. The van der Waals surface area contributed by atoms with Crippen LogP contribution in [-0.2, 0) is 10.0 Å². The van der Waals surface area contributed by atoms with Crippen LogP contribution in [0.3, 0.4) is 0 Å². The number of nitrogens with one attached hydrogen (secondary N) is 2. The second-order valence-electron chi connectivity index (χ2n) is 6.71. The van der Waals surface area contributed by atoms with Crippen LogP contribution < -0.4 is 14.9 Å². The first-order valence-corrected chi connectivity index (χ1v) is 10.6. The summed E-state index contributed by atoms with van der Waals surface area (Å²) in [7, 11) is -2.35. The minimum Gasteiger partial charge on any atom is -0.352 e. The van der Waals surface area contributed by atoms with E-state index in [2.05, 4.69) is 10.6 Å². The molecular formula is C20H26ClN3O3S. The number of carbonyl (C=O) groups excluding carboxylic acids is 1. The molecular weight excluding hydrogens is 398 g/mol. The lowest BCUT2D eigenvalue weighted by Gasteiger charge is -2.21. The second kappa shape index (κ2) is 9.91. The molecule has 28 heavy (non-hydrogen) atoms. The van der Waals surface area contributed by atoms with Crippen LogP contribution >= 0.6 is 12.4 Å². The number of nitrogens with zero attached hydrogens (tertiary/aromatic N) is 1. The number of rotatable bonds is 7. The molecule has 0 aliphatic carbocycles. The van der Waals surface area contributed by atoms with Crippen molar-refractivity contribution in [2.75, 3.05) is 31.0 Å². The summed E-state index contributed by atoms with van der Waals surface area (Å²) < 4.78 is 27.4. The van der Waals surface area contributed by atoms with E-state index in [0.29, 0.717) is 18.2 Å². The Morgan fingerprint density at radius 3 is 2.50 bits per heavy atom. The summed E-state index contributed by atoms with van der Waals surface area (Å²) in [4.78, 5) is 12.6. The predicted octanol–water partition coefficient (Wildman–Crippen LogP) is 2.66. The molecule has 1 saturated heterocycles. The Hall–Kier alpha value is -2.09. The highest BCUT2D eigenvalue weighted by Gasteiger charge is 2.26. The molecule has 2 aromatic rings. The lowest BCUT2D eigenvalue weighted by Crippen LogP contribution is -2.31. The van der Waals surface area contributed by atoms with Crippen molar-refractivity contribution in [2.24, 2.45) is 5.92 Å². The molecule has 1 aliphatic rings. The van der Waals surface area contributed by atoms with Crippen molar-refractivity contribution in [3.8, 4) is 0 Å². The Bertz CT molecular complexity index is 885. The van der Waals surface area contributed by atoms with Gasteiger partial charge in [-0.15, -0.1) is 12.4 Å². The van der Waals surface area contributed by atoms with Gasteiger partial charge < -0.3 is 10.6 Å². The fourth-order valence-electron chi connectivity index (χ4n) is 3.25. The number of hydrogen-bond acceptors (Lipinski definition) is 4. The maximum absolute atomic E-state index is 13.1. The summed E-state index contributed by atoms with van der Waals surface area (Å²) in [5.74, 6) is 0.204. The minimum absolute atomic E-state index is 0. The van der Waals surface area contributed by atoms with E-state index in [9.17, 15) is 13.2 Å². The van der Waals surface area contributed by atoms with Crippen molar-refractivity contribution in [1.82, 2.24) is 10.6 Å². The molecule has 1 heterocycles. The van der Waals surface area contributed by atoms with Crippen LogP contribution in [0.25, 0.3) is 0 Å². The van der Waals surface area contributed by atoms with Crippen molar-refractivity contribution in [2.45, 2.75) is 17.7 Å². The third-order valence-corrected chi connectivity index (χ3v) is 6.73. The van der Waals surface area contributed by atoms with Crippen molar-refractivity contribution in [1.29, 1.82) is 0 Å². The summed E-state index contributed by atoms with van der Waals surface area (Å²) in [6.45, 7) is 2.53. The number of halogens is 1. The third-order valence-electron chi connectivity index (χ3n) is 4.89. The predicted molar refractivity (Wildman–Crippen MR) is 114 cm³/mol. The SMILES string of the molecule is CN(c1ccccc1)S(=O)(=O)c1ccccc1C(=O)NCCC1CCNC1.Cl. The molecule has 0 saturated carbocycles. The zero-order valence-corrected chi connectivity index (χ0v) is 17.4. The van der Waals surface area contributed by atoms with Gasteiger partial charge >= 0.3 is 0 Å². The van der Waals surface area contributed by atoms with E-state index in [1.54, 1.807) is 42.5 Å². The molecule has 1 atom stereocenters. The Kier molecular flexibility index (Phi) is 7.86. The molecule has 0 radical (unpaired) electrons. The number of amides is 1. The van der Waals surface area contributed by atoms with Crippen molar-refractivity contribution >= 4 is 34.0 Å². The second-order valence-corrected chi connectivity index (χ2v) is 8.65. The Labute approximate surface area is 172 Å². The molecule has 2 aromatic carbocycles. The van der Waals surface area contributed by atoms with Crippen LogP contribution in [0.5, 0.6) is 0 Å². The number of benzene rings is 2. The Morgan fingerprint density at radius 1 is 1.14 bits per heavy atom. The van der Waals surface area contributed by atoms with E-state index in [1.807, 2.05) is 6.07 Å². The highest BCUT2D eigenvalue weighted by molar-refractivity contribution is 7.92. The number of hydrogen-bond donors (Lipinski definition) is 2. The quantitative estimate of drug-likeness (QED) is 0.717. The summed E-state index contributed by atoms with van der Waals surface area (Å²) in [6.07, 6.45) is 2.00. The largest absolute Gasteiger partial charge is 0.352 e. The van der Waals surface area contributed by atoms with Gasteiger partial charge in [0.1, 0.15) is 4.90 Å². The first kappa shape index (κ1) is 22.2. The van der Waals surface area contributed by atoms with E-state index in [0.717, 1.165) is 25.9 Å². The fourth-order valence-corrected chi connectivity index (χ4v) is 4.63. The van der Waals surface area contributed by atoms with Crippen molar-refractivity contribution < 1.29 is 13.2 Å². The Balaban J connectivity index is 0.00000280. The topological polar surface area (TPSA) is 78.5 Å². The van der Waals surface area contributed by atoms with Gasteiger partial charge in [0, 0.05) is 13.6 Å². The molecule has 0 bridgehead atoms. The number of anilines is 1. The molecule has 6 nitrogen and oxygen atoms in total. The van der Waals surface area contributed by atoms with E-state index in [-0.39, 0.29) is 28.8 Å². The van der Waals surface area contributed by atoms with Gasteiger partial charge in [-0.2, -0.15) is 0 Å². The highest BCUT2D eigenvalue weighted by atomic mass is 35.5. The van der Waals surface area contributed by atoms with Crippen LogP contribution in [0.2, 0.25) is 0 Å². The van der Waals surface area contributed by atoms with Gasteiger partial charge in [-0.1, -0.05) is 30.3 Å². The van der Waals surface area contributed by atoms with Gasteiger partial charge in [0.15, 0.2) is 0 Å². The van der Waals surface area contributed by atoms with E-state index < -0.39 is 10.0 Å². The van der Waals surface area contributed by atoms with Gasteiger partial charge in [0.25, 0.3) is 15.9 Å². The average molecular weight is 424 g/mol. The maximum atomic E-state index is 13.1. The molecule has 1 fully saturated rings.